The molecule has 0 spiro atoms. The molecule has 1 aliphatic rings. The summed E-state index contributed by atoms with van der Waals surface area (Å²) in [5, 5.41) is 19.4. The fourth-order valence-electron chi connectivity index (χ4n) is 3.11. The van der Waals surface area contributed by atoms with Crippen LogP contribution in [0.5, 0.6) is 0 Å². The van der Waals surface area contributed by atoms with Gasteiger partial charge in [-0.25, -0.2) is 0 Å². The van der Waals surface area contributed by atoms with Gasteiger partial charge in [0.05, 0.1) is 0 Å². The molecule has 0 radical (unpaired) electrons. The number of fused-ring (bicyclic) bond motifs is 1. The highest BCUT2D eigenvalue weighted by molar-refractivity contribution is 5.90. The van der Waals surface area contributed by atoms with Gasteiger partial charge in [0.25, 0.3) is 0 Å². The Morgan fingerprint density at radius 2 is 1.93 bits per heavy atom. The summed E-state index contributed by atoms with van der Waals surface area (Å²) in [6, 6.07) is 13.6. The van der Waals surface area contributed by atoms with Crippen molar-refractivity contribution < 1.29 is 4.79 Å². The molecular formula is C21H20N6O. The van der Waals surface area contributed by atoms with E-state index in [0.717, 1.165) is 22.7 Å². The topological polar surface area (TPSA) is 84.0 Å². The maximum atomic E-state index is 12.2. The number of terminal acetylenes is 1. The highest BCUT2D eigenvalue weighted by Crippen LogP contribution is 2.37. The van der Waals surface area contributed by atoms with Gasteiger partial charge in [0.1, 0.15) is 5.82 Å². The lowest BCUT2D eigenvalue weighted by Crippen LogP contribution is -2.17. The minimum atomic E-state index is -0.422. The van der Waals surface area contributed by atoms with Gasteiger partial charge in [0.15, 0.2) is 11.3 Å². The first-order chi connectivity index (χ1) is 13.7. The van der Waals surface area contributed by atoms with E-state index in [2.05, 4.69) is 31.7 Å². The van der Waals surface area contributed by atoms with Gasteiger partial charge in [-0.3, -0.25) is 9.20 Å². The summed E-state index contributed by atoms with van der Waals surface area (Å²) < 4.78 is 1.97. The molecule has 1 aromatic carbocycles. The summed E-state index contributed by atoms with van der Waals surface area (Å²) in [5.74, 6) is 3.42. The van der Waals surface area contributed by atoms with Gasteiger partial charge in [0, 0.05) is 44.0 Å². The first-order valence-corrected chi connectivity index (χ1v) is 9.22. The van der Waals surface area contributed by atoms with Crippen LogP contribution in [-0.4, -0.2) is 26.2 Å². The molecule has 0 fully saturated rings. The zero-order chi connectivity index (χ0) is 19.4. The van der Waals surface area contributed by atoms with Gasteiger partial charge < -0.3 is 5.32 Å². The van der Waals surface area contributed by atoms with Crippen molar-refractivity contribution in [2.24, 2.45) is 10.2 Å². The summed E-state index contributed by atoms with van der Waals surface area (Å²) in [5.41, 5.74) is 2.27. The molecule has 7 heteroatoms. The quantitative estimate of drug-likeness (QED) is 0.613. The molecule has 3 aromatic rings. The van der Waals surface area contributed by atoms with Crippen molar-refractivity contribution >= 4 is 17.2 Å². The summed E-state index contributed by atoms with van der Waals surface area (Å²) in [6.07, 6.45) is 10.2. The Kier molecular flexibility index (Phi) is 4.85. The van der Waals surface area contributed by atoms with Crippen LogP contribution < -0.4 is 5.32 Å². The summed E-state index contributed by atoms with van der Waals surface area (Å²) >= 11 is 0. The van der Waals surface area contributed by atoms with E-state index in [4.69, 9.17) is 6.42 Å². The molecule has 4 rings (SSSR count). The molecule has 140 valence electrons. The zero-order valence-corrected chi connectivity index (χ0v) is 15.4. The Morgan fingerprint density at radius 3 is 2.68 bits per heavy atom. The Labute approximate surface area is 162 Å². The van der Waals surface area contributed by atoms with Crippen molar-refractivity contribution in [1.29, 1.82) is 0 Å². The Bertz CT molecular complexity index is 1050. The SMILES string of the molecule is C#CCCC1(CCC(=O)Nc2ccc(Cc3nnc4ccccn34)cc2)N=N1. The van der Waals surface area contributed by atoms with E-state index in [0.29, 0.717) is 32.1 Å². The van der Waals surface area contributed by atoms with Crippen LogP contribution in [0.15, 0.2) is 58.9 Å². The minimum absolute atomic E-state index is 0.0476. The molecule has 0 saturated heterocycles. The monoisotopic (exact) mass is 372 g/mol. The van der Waals surface area contributed by atoms with Gasteiger partial charge in [0.2, 0.25) is 5.91 Å². The average Bonchev–Trinajstić information content (AvgIpc) is 3.39. The van der Waals surface area contributed by atoms with E-state index in [1.54, 1.807) is 0 Å². The highest BCUT2D eigenvalue weighted by Gasteiger charge is 2.39. The third-order valence-corrected chi connectivity index (χ3v) is 4.79. The Balaban J connectivity index is 1.31. The van der Waals surface area contributed by atoms with Crippen LogP contribution in [0.2, 0.25) is 0 Å². The van der Waals surface area contributed by atoms with Crippen molar-refractivity contribution in [3.8, 4) is 12.3 Å². The van der Waals surface area contributed by atoms with Crippen LogP contribution in [0.3, 0.4) is 0 Å². The lowest BCUT2D eigenvalue weighted by Gasteiger charge is -2.09. The lowest BCUT2D eigenvalue weighted by atomic mass is 10.0. The van der Waals surface area contributed by atoms with E-state index in [1.165, 1.54) is 0 Å². The normalized spacial score (nSPS) is 14.0. The number of carbonyl (C=O) groups excluding carboxylic acids is 1. The van der Waals surface area contributed by atoms with Gasteiger partial charge in [-0.1, -0.05) is 18.2 Å². The number of benzene rings is 1. The molecule has 0 bridgehead atoms. The number of pyridine rings is 1. The number of rotatable bonds is 8. The zero-order valence-electron chi connectivity index (χ0n) is 15.4. The molecule has 3 heterocycles. The van der Waals surface area contributed by atoms with Crippen molar-refractivity contribution in [2.75, 3.05) is 5.32 Å². The van der Waals surface area contributed by atoms with E-state index in [1.807, 2.05) is 53.1 Å². The molecule has 0 atom stereocenters. The van der Waals surface area contributed by atoms with E-state index >= 15 is 0 Å². The average molecular weight is 372 g/mol. The number of aromatic nitrogens is 3. The van der Waals surface area contributed by atoms with Crippen molar-refractivity contribution in [2.45, 2.75) is 37.8 Å². The molecule has 1 aliphatic heterocycles. The second kappa shape index (κ2) is 7.61. The maximum absolute atomic E-state index is 12.2. The molecule has 7 nitrogen and oxygen atoms in total. The number of carbonyl (C=O) groups is 1. The summed E-state index contributed by atoms with van der Waals surface area (Å²) in [6.45, 7) is 0. The lowest BCUT2D eigenvalue weighted by molar-refractivity contribution is -0.116. The molecule has 0 saturated carbocycles. The third-order valence-electron chi connectivity index (χ3n) is 4.79. The van der Waals surface area contributed by atoms with E-state index in [9.17, 15) is 4.79 Å². The maximum Gasteiger partial charge on any atom is 0.224 e. The third kappa shape index (κ3) is 4.07. The molecular weight excluding hydrogens is 352 g/mol. The summed E-state index contributed by atoms with van der Waals surface area (Å²) in [7, 11) is 0. The first kappa shape index (κ1) is 17.9. The Morgan fingerprint density at radius 1 is 1.11 bits per heavy atom. The van der Waals surface area contributed by atoms with Crippen LogP contribution in [0, 0.1) is 12.3 Å². The number of nitrogens with zero attached hydrogens (tertiary/aromatic N) is 5. The first-order valence-electron chi connectivity index (χ1n) is 9.22. The number of anilines is 1. The van der Waals surface area contributed by atoms with Crippen LogP contribution in [0.1, 0.15) is 37.1 Å². The molecule has 0 aliphatic carbocycles. The molecule has 0 unspecified atom stereocenters. The van der Waals surface area contributed by atoms with Gasteiger partial charge >= 0.3 is 0 Å². The number of nitrogens with one attached hydrogen (secondary N) is 1. The largest absolute Gasteiger partial charge is 0.326 e. The second-order valence-corrected chi connectivity index (χ2v) is 6.85. The smallest absolute Gasteiger partial charge is 0.224 e. The van der Waals surface area contributed by atoms with Crippen LogP contribution in [0.25, 0.3) is 5.65 Å². The van der Waals surface area contributed by atoms with Crippen LogP contribution in [0.4, 0.5) is 5.69 Å². The van der Waals surface area contributed by atoms with Crippen molar-refractivity contribution in [3.63, 3.8) is 0 Å². The highest BCUT2D eigenvalue weighted by atomic mass is 16.1. The van der Waals surface area contributed by atoms with E-state index in [-0.39, 0.29) is 5.91 Å². The minimum Gasteiger partial charge on any atom is -0.326 e. The molecule has 28 heavy (non-hydrogen) atoms. The predicted octanol–water partition coefficient (Wildman–Crippen LogP) is 3.61. The number of hydrogen-bond donors (Lipinski definition) is 1. The molecule has 1 amide bonds. The molecule has 2 aromatic heterocycles. The van der Waals surface area contributed by atoms with Crippen LogP contribution in [-0.2, 0) is 11.2 Å². The number of amides is 1. The second-order valence-electron chi connectivity index (χ2n) is 6.85. The van der Waals surface area contributed by atoms with Gasteiger partial charge in [-0.15, -0.1) is 22.5 Å². The van der Waals surface area contributed by atoms with E-state index < -0.39 is 5.66 Å². The summed E-state index contributed by atoms with van der Waals surface area (Å²) in [4.78, 5) is 12.2. The van der Waals surface area contributed by atoms with Gasteiger partial charge in [-0.2, -0.15) is 10.2 Å². The van der Waals surface area contributed by atoms with Gasteiger partial charge in [-0.05, 0) is 29.8 Å². The standard InChI is InChI=1S/C21H20N6O/c1-2-3-12-21(25-26-21)13-11-20(28)22-17-9-7-16(8-10-17)15-19-24-23-18-6-4-5-14-27(18)19/h1,4-10,14H,3,11-13,15H2,(H,22,28). The number of hydrogen-bond acceptors (Lipinski definition) is 5. The molecule has 1 N–H and O–H groups in total. The van der Waals surface area contributed by atoms with Crippen molar-refractivity contribution in [1.82, 2.24) is 14.6 Å². The Hall–Kier alpha value is -3.53. The van der Waals surface area contributed by atoms with Crippen molar-refractivity contribution in [3.05, 3.63) is 60.0 Å². The predicted molar refractivity (Wildman–Crippen MR) is 106 cm³/mol. The van der Waals surface area contributed by atoms with Crippen LogP contribution >= 0.6 is 0 Å². The fourth-order valence-corrected chi connectivity index (χ4v) is 3.11. The fraction of sp³-hybridized carbons (Fsp3) is 0.286.